The van der Waals surface area contributed by atoms with Crippen LogP contribution in [0.4, 0.5) is 0 Å². The van der Waals surface area contributed by atoms with Gasteiger partial charge in [0.1, 0.15) is 11.9 Å². The molecule has 6 heteroatoms. The zero-order valence-electron chi connectivity index (χ0n) is 7.96. The van der Waals surface area contributed by atoms with E-state index in [1.165, 1.54) is 0 Å². The summed E-state index contributed by atoms with van der Waals surface area (Å²) in [5.41, 5.74) is 0. The molecular formula is C8H14ClNO3S. The Bertz CT molecular complexity index is 201. The number of hydrogen-bond donors (Lipinski definition) is 2. The van der Waals surface area contributed by atoms with Crippen LogP contribution < -0.4 is 5.32 Å². The largest absolute Gasteiger partial charge is 0.480 e. The lowest BCUT2D eigenvalue weighted by Gasteiger charge is -2.12. The molecule has 1 atom stereocenters. The Morgan fingerprint density at radius 2 is 2.21 bits per heavy atom. The quantitative estimate of drug-likeness (QED) is 0.513. The Balaban J connectivity index is 3.90. The second kappa shape index (κ2) is 7.94. The number of thioether (sulfide) groups is 1. The number of carboxylic acids is 1. The van der Waals surface area contributed by atoms with Gasteiger partial charge in [0.2, 0.25) is 5.91 Å². The monoisotopic (exact) mass is 239 g/mol. The molecule has 0 bridgehead atoms. The molecule has 0 heterocycles. The van der Waals surface area contributed by atoms with E-state index in [9.17, 15) is 9.59 Å². The molecule has 0 aromatic heterocycles. The third-order valence-electron chi connectivity index (χ3n) is 1.51. The van der Waals surface area contributed by atoms with Crippen LogP contribution in [-0.4, -0.2) is 40.4 Å². The molecule has 0 saturated heterocycles. The number of nitrogens with one attached hydrogen (secondary N) is 1. The maximum Gasteiger partial charge on any atom is 0.326 e. The third kappa shape index (κ3) is 6.10. The third-order valence-corrected chi connectivity index (χ3v) is 2.69. The Labute approximate surface area is 92.4 Å². The zero-order valence-corrected chi connectivity index (χ0v) is 9.53. The van der Waals surface area contributed by atoms with E-state index < -0.39 is 17.9 Å². The fraction of sp³-hybridized carbons (Fsp3) is 0.750. The molecule has 4 nitrogen and oxygen atoms in total. The lowest BCUT2D eigenvalue weighted by atomic mass is 10.2. The highest BCUT2D eigenvalue weighted by atomic mass is 35.5. The Morgan fingerprint density at radius 1 is 1.57 bits per heavy atom. The van der Waals surface area contributed by atoms with Crippen molar-refractivity contribution in [3.8, 4) is 0 Å². The average molecular weight is 240 g/mol. The number of carboxylic acid groups (broad SMARTS) is 1. The standard InChI is InChI=1S/C8H14ClNO3S/c1-2-14-4-3-6(8(12)13)10-7(11)5-9/h6H,2-5H2,1H3,(H,10,11)(H,12,13)/t6-/m0/s1. The maximum atomic E-state index is 10.8. The second-order valence-electron chi connectivity index (χ2n) is 2.58. The summed E-state index contributed by atoms with van der Waals surface area (Å²) < 4.78 is 0. The molecular weight excluding hydrogens is 226 g/mol. The van der Waals surface area contributed by atoms with Crippen molar-refractivity contribution in [2.24, 2.45) is 0 Å². The van der Waals surface area contributed by atoms with Crippen LogP contribution in [0, 0.1) is 0 Å². The minimum absolute atomic E-state index is 0.204. The lowest BCUT2D eigenvalue weighted by Crippen LogP contribution is -2.41. The van der Waals surface area contributed by atoms with Gasteiger partial charge in [-0.2, -0.15) is 11.8 Å². The van der Waals surface area contributed by atoms with Gasteiger partial charge in [0.15, 0.2) is 0 Å². The van der Waals surface area contributed by atoms with E-state index >= 15 is 0 Å². The van der Waals surface area contributed by atoms with E-state index in [-0.39, 0.29) is 5.88 Å². The van der Waals surface area contributed by atoms with Crippen LogP contribution in [0.1, 0.15) is 13.3 Å². The van der Waals surface area contributed by atoms with Gasteiger partial charge in [0, 0.05) is 0 Å². The SMILES string of the molecule is CCSCC[C@H](NC(=O)CCl)C(=O)O. The fourth-order valence-electron chi connectivity index (χ4n) is 0.836. The molecule has 0 aliphatic rings. The normalized spacial score (nSPS) is 12.1. The van der Waals surface area contributed by atoms with Gasteiger partial charge in [-0.05, 0) is 17.9 Å². The van der Waals surface area contributed by atoms with Crippen LogP contribution in [0.3, 0.4) is 0 Å². The van der Waals surface area contributed by atoms with Crippen molar-refractivity contribution in [3.63, 3.8) is 0 Å². The van der Waals surface area contributed by atoms with E-state index in [4.69, 9.17) is 16.7 Å². The van der Waals surface area contributed by atoms with Gasteiger partial charge in [-0.1, -0.05) is 6.92 Å². The number of carbonyl (C=O) groups excluding carboxylic acids is 1. The van der Waals surface area contributed by atoms with Crippen molar-refractivity contribution in [2.45, 2.75) is 19.4 Å². The van der Waals surface area contributed by atoms with Gasteiger partial charge in [-0.3, -0.25) is 4.79 Å². The van der Waals surface area contributed by atoms with Crippen molar-refractivity contribution in [3.05, 3.63) is 0 Å². The molecule has 0 aromatic rings. The van der Waals surface area contributed by atoms with Crippen molar-refractivity contribution >= 4 is 35.2 Å². The number of aliphatic carboxylic acids is 1. The van der Waals surface area contributed by atoms with E-state index in [0.717, 1.165) is 11.5 Å². The summed E-state index contributed by atoms with van der Waals surface area (Å²) in [6.07, 6.45) is 0.427. The van der Waals surface area contributed by atoms with E-state index in [1.54, 1.807) is 11.8 Å². The highest BCUT2D eigenvalue weighted by Crippen LogP contribution is 2.04. The Morgan fingerprint density at radius 3 is 2.64 bits per heavy atom. The van der Waals surface area contributed by atoms with Crippen molar-refractivity contribution in [2.75, 3.05) is 17.4 Å². The van der Waals surface area contributed by atoms with Crippen LogP contribution in [0.15, 0.2) is 0 Å². The molecule has 0 unspecified atom stereocenters. The molecule has 0 saturated carbocycles. The van der Waals surface area contributed by atoms with Crippen LogP contribution in [0.2, 0.25) is 0 Å². The molecule has 0 spiro atoms. The van der Waals surface area contributed by atoms with Gasteiger partial charge < -0.3 is 10.4 Å². The number of alkyl halides is 1. The van der Waals surface area contributed by atoms with Gasteiger partial charge >= 0.3 is 5.97 Å². The Hall–Kier alpha value is -0.420. The first-order valence-corrected chi connectivity index (χ1v) is 5.96. The smallest absolute Gasteiger partial charge is 0.326 e. The number of hydrogen-bond acceptors (Lipinski definition) is 3. The van der Waals surface area contributed by atoms with Crippen LogP contribution in [-0.2, 0) is 9.59 Å². The molecule has 1 amide bonds. The highest BCUT2D eigenvalue weighted by Gasteiger charge is 2.18. The number of halogens is 1. The van der Waals surface area contributed by atoms with E-state index in [0.29, 0.717) is 6.42 Å². The van der Waals surface area contributed by atoms with Crippen molar-refractivity contribution in [1.82, 2.24) is 5.32 Å². The summed E-state index contributed by atoms with van der Waals surface area (Å²) in [7, 11) is 0. The summed E-state index contributed by atoms with van der Waals surface area (Å²) >= 11 is 6.89. The molecule has 0 aromatic carbocycles. The molecule has 82 valence electrons. The molecule has 0 aliphatic heterocycles. The lowest BCUT2D eigenvalue weighted by molar-refractivity contribution is -0.141. The summed E-state index contributed by atoms with van der Waals surface area (Å²) in [6, 6.07) is -0.819. The molecule has 14 heavy (non-hydrogen) atoms. The topological polar surface area (TPSA) is 66.4 Å². The number of amides is 1. The van der Waals surface area contributed by atoms with Gasteiger partial charge in [0.25, 0.3) is 0 Å². The maximum absolute atomic E-state index is 10.8. The Kier molecular flexibility index (Phi) is 7.70. The number of carbonyl (C=O) groups is 2. The van der Waals surface area contributed by atoms with Gasteiger partial charge in [0.05, 0.1) is 0 Å². The highest BCUT2D eigenvalue weighted by molar-refractivity contribution is 7.99. The minimum atomic E-state index is -1.01. The molecule has 0 radical (unpaired) electrons. The van der Waals surface area contributed by atoms with Crippen LogP contribution in [0.5, 0.6) is 0 Å². The molecule has 0 aliphatic carbocycles. The summed E-state index contributed by atoms with van der Waals surface area (Å²) in [5, 5.41) is 11.1. The van der Waals surface area contributed by atoms with Crippen LogP contribution >= 0.6 is 23.4 Å². The molecule has 2 N–H and O–H groups in total. The van der Waals surface area contributed by atoms with Crippen molar-refractivity contribution in [1.29, 1.82) is 0 Å². The van der Waals surface area contributed by atoms with Gasteiger partial charge in [-0.15, -0.1) is 11.6 Å². The van der Waals surface area contributed by atoms with Gasteiger partial charge in [-0.25, -0.2) is 4.79 Å². The zero-order chi connectivity index (χ0) is 11.0. The summed E-state index contributed by atoms with van der Waals surface area (Å²) in [6.45, 7) is 2.00. The molecule has 0 rings (SSSR count). The summed E-state index contributed by atoms with van der Waals surface area (Å²) in [5.74, 6) is -0.00277. The van der Waals surface area contributed by atoms with E-state index in [1.807, 2.05) is 6.92 Å². The predicted molar refractivity (Wildman–Crippen MR) is 57.9 cm³/mol. The summed E-state index contributed by atoms with van der Waals surface area (Å²) in [4.78, 5) is 21.5. The predicted octanol–water partition coefficient (Wildman–Crippen LogP) is 0.938. The average Bonchev–Trinajstić information content (AvgIpc) is 2.16. The molecule has 0 fully saturated rings. The first kappa shape index (κ1) is 13.6. The fourth-order valence-corrected chi connectivity index (χ4v) is 1.60. The van der Waals surface area contributed by atoms with Crippen molar-refractivity contribution < 1.29 is 14.7 Å². The second-order valence-corrected chi connectivity index (χ2v) is 4.24. The van der Waals surface area contributed by atoms with Crippen LogP contribution in [0.25, 0.3) is 0 Å². The van der Waals surface area contributed by atoms with E-state index in [2.05, 4.69) is 5.32 Å². The first-order valence-electron chi connectivity index (χ1n) is 4.27. The minimum Gasteiger partial charge on any atom is -0.480 e. The first-order chi connectivity index (χ1) is 6.61. The number of rotatable bonds is 7.